The van der Waals surface area contributed by atoms with Gasteiger partial charge < -0.3 is 30.3 Å². The van der Waals surface area contributed by atoms with E-state index in [9.17, 15) is 4.79 Å². The Morgan fingerprint density at radius 2 is 1.75 bits per heavy atom. The third-order valence-electron chi connectivity index (χ3n) is 4.41. The molecule has 3 N–H and O–H groups in total. The summed E-state index contributed by atoms with van der Waals surface area (Å²) in [5.41, 5.74) is 0.590. The molecule has 0 unspecified atom stereocenters. The highest BCUT2D eigenvalue weighted by atomic mass is 16.5. The number of ether oxygens (including phenoxy) is 2. The highest BCUT2D eigenvalue weighted by molar-refractivity contribution is 5.89. The van der Waals surface area contributed by atoms with Crippen LogP contribution in [0.1, 0.15) is 12.8 Å². The third kappa shape index (κ3) is 5.38. The quantitative estimate of drug-likeness (QED) is 0.599. The predicted octanol–water partition coefficient (Wildman–Crippen LogP) is 2.33. The van der Waals surface area contributed by atoms with Crippen molar-refractivity contribution in [3.63, 3.8) is 0 Å². The fourth-order valence-corrected chi connectivity index (χ4v) is 2.98. The number of benzene rings is 1. The number of hydrogen-bond acceptors (Lipinski definition) is 7. The minimum atomic E-state index is -0.308. The molecule has 0 spiro atoms. The normalized spacial score (nSPS) is 13.1. The number of hydrogen-bond donors (Lipinski definition) is 3. The molecule has 2 amide bonds. The van der Waals surface area contributed by atoms with Crippen LogP contribution < -0.4 is 30.3 Å². The zero-order chi connectivity index (χ0) is 19.8. The summed E-state index contributed by atoms with van der Waals surface area (Å²) in [6.07, 6.45) is 3.96. The van der Waals surface area contributed by atoms with Gasteiger partial charge in [-0.25, -0.2) is 14.8 Å². The fraction of sp³-hybridized carbons (Fsp3) is 0.421. The summed E-state index contributed by atoms with van der Waals surface area (Å²) < 4.78 is 10.4. The van der Waals surface area contributed by atoms with Crippen LogP contribution >= 0.6 is 0 Å². The van der Waals surface area contributed by atoms with Crippen LogP contribution in [0.3, 0.4) is 0 Å². The summed E-state index contributed by atoms with van der Waals surface area (Å²) in [5, 5.41) is 8.77. The highest BCUT2D eigenvalue weighted by Gasteiger charge is 2.14. The molecule has 150 valence electrons. The Morgan fingerprint density at radius 3 is 2.43 bits per heavy atom. The minimum Gasteiger partial charge on any atom is -0.497 e. The van der Waals surface area contributed by atoms with Crippen molar-refractivity contribution in [1.29, 1.82) is 0 Å². The second-order valence-corrected chi connectivity index (χ2v) is 6.36. The van der Waals surface area contributed by atoms with E-state index in [0.717, 1.165) is 24.7 Å². The zero-order valence-electron chi connectivity index (χ0n) is 16.2. The van der Waals surface area contributed by atoms with Crippen molar-refractivity contribution in [2.75, 3.05) is 55.9 Å². The number of methoxy groups -OCH3 is 2. The molecule has 2 aromatic rings. The molecular weight excluding hydrogens is 360 g/mol. The van der Waals surface area contributed by atoms with E-state index in [4.69, 9.17) is 9.47 Å². The van der Waals surface area contributed by atoms with Crippen molar-refractivity contribution in [2.24, 2.45) is 0 Å². The summed E-state index contributed by atoms with van der Waals surface area (Å²) >= 11 is 0. The molecule has 9 heteroatoms. The first-order chi connectivity index (χ1) is 13.7. The molecule has 2 heterocycles. The number of nitrogens with zero attached hydrogens (tertiary/aromatic N) is 3. The lowest BCUT2D eigenvalue weighted by molar-refractivity contribution is 0.252. The first kappa shape index (κ1) is 19.5. The molecule has 1 aromatic carbocycles. The summed E-state index contributed by atoms with van der Waals surface area (Å²) in [5.74, 6) is 2.90. The van der Waals surface area contributed by atoms with Gasteiger partial charge in [-0.3, -0.25) is 0 Å². The average Bonchev–Trinajstić information content (AvgIpc) is 3.26. The lowest BCUT2D eigenvalue weighted by Crippen LogP contribution is -2.32. The second-order valence-electron chi connectivity index (χ2n) is 6.36. The summed E-state index contributed by atoms with van der Waals surface area (Å²) in [6.45, 7) is 3.06. The molecule has 3 rings (SSSR count). The van der Waals surface area contributed by atoms with Crippen molar-refractivity contribution in [1.82, 2.24) is 15.3 Å². The summed E-state index contributed by atoms with van der Waals surface area (Å²) in [7, 11) is 3.12. The molecule has 1 aliphatic rings. The van der Waals surface area contributed by atoms with Gasteiger partial charge in [0.2, 0.25) is 0 Å². The zero-order valence-corrected chi connectivity index (χ0v) is 16.2. The van der Waals surface area contributed by atoms with E-state index >= 15 is 0 Å². The lowest BCUT2D eigenvalue weighted by Gasteiger charge is -2.16. The molecule has 28 heavy (non-hydrogen) atoms. The van der Waals surface area contributed by atoms with Crippen LogP contribution in [0.15, 0.2) is 30.6 Å². The topological polar surface area (TPSA) is 101 Å². The van der Waals surface area contributed by atoms with Crippen LogP contribution in [-0.4, -0.2) is 56.4 Å². The van der Waals surface area contributed by atoms with Gasteiger partial charge in [-0.2, -0.15) is 0 Å². The van der Waals surface area contributed by atoms with Crippen LogP contribution in [0.5, 0.6) is 11.5 Å². The van der Waals surface area contributed by atoms with Gasteiger partial charge in [0, 0.05) is 56.1 Å². The predicted molar refractivity (Wildman–Crippen MR) is 109 cm³/mol. The van der Waals surface area contributed by atoms with Gasteiger partial charge in [0.15, 0.2) is 0 Å². The number of anilines is 3. The van der Waals surface area contributed by atoms with Gasteiger partial charge in [-0.05, 0) is 12.8 Å². The van der Waals surface area contributed by atoms with Gasteiger partial charge in [0.1, 0.15) is 29.5 Å². The number of carbonyl (C=O) groups is 1. The maximum Gasteiger partial charge on any atom is 0.319 e. The van der Waals surface area contributed by atoms with Gasteiger partial charge in [-0.1, -0.05) is 0 Å². The van der Waals surface area contributed by atoms with Crippen LogP contribution in [0.4, 0.5) is 22.1 Å². The molecular formula is C19H26N6O3. The molecule has 1 saturated heterocycles. The lowest BCUT2D eigenvalue weighted by atomic mass is 10.3. The molecule has 1 fully saturated rings. The molecule has 1 aliphatic heterocycles. The molecule has 9 nitrogen and oxygen atoms in total. The van der Waals surface area contributed by atoms with Gasteiger partial charge in [-0.15, -0.1) is 0 Å². The van der Waals surface area contributed by atoms with Crippen LogP contribution in [0.25, 0.3) is 0 Å². The SMILES string of the molecule is COc1cc(NC(=O)NCCNc2cc(N3CCCC3)ncn2)cc(OC)c1. The first-order valence-corrected chi connectivity index (χ1v) is 9.27. The number of rotatable bonds is 8. The molecule has 0 atom stereocenters. The van der Waals surface area contributed by atoms with Gasteiger partial charge >= 0.3 is 6.03 Å². The molecule has 0 bridgehead atoms. The Labute approximate surface area is 164 Å². The first-order valence-electron chi connectivity index (χ1n) is 9.27. The van der Waals surface area contributed by atoms with Crippen molar-refractivity contribution in [3.8, 4) is 11.5 Å². The number of urea groups is 1. The van der Waals surface area contributed by atoms with Crippen molar-refractivity contribution >= 4 is 23.4 Å². The summed E-state index contributed by atoms with van der Waals surface area (Å²) in [4.78, 5) is 22.9. The monoisotopic (exact) mass is 386 g/mol. The van der Waals surface area contributed by atoms with E-state index in [1.165, 1.54) is 12.8 Å². The van der Waals surface area contributed by atoms with E-state index in [1.54, 1.807) is 38.7 Å². The van der Waals surface area contributed by atoms with E-state index in [-0.39, 0.29) is 6.03 Å². The highest BCUT2D eigenvalue weighted by Crippen LogP contribution is 2.25. The maximum absolute atomic E-state index is 12.1. The van der Waals surface area contributed by atoms with Gasteiger partial charge in [0.05, 0.1) is 14.2 Å². The largest absolute Gasteiger partial charge is 0.497 e. The van der Waals surface area contributed by atoms with Crippen LogP contribution in [0, 0.1) is 0 Å². The van der Waals surface area contributed by atoms with Crippen molar-refractivity contribution < 1.29 is 14.3 Å². The van der Waals surface area contributed by atoms with Crippen molar-refractivity contribution in [3.05, 3.63) is 30.6 Å². The number of aromatic nitrogens is 2. The minimum absolute atomic E-state index is 0.308. The van der Waals surface area contributed by atoms with E-state index in [0.29, 0.717) is 30.3 Å². The van der Waals surface area contributed by atoms with E-state index < -0.39 is 0 Å². The maximum atomic E-state index is 12.1. The van der Waals surface area contributed by atoms with E-state index in [2.05, 4.69) is 30.8 Å². The van der Waals surface area contributed by atoms with Gasteiger partial charge in [0.25, 0.3) is 0 Å². The Hall–Kier alpha value is -3.23. The van der Waals surface area contributed by atoms with E-state index in [1.807, 2.05) is 6.07 Å². The molecule has 0 aliphatic carbocycles. The molecule has 0 radical (unpaired) electrons. The smallest absolute Gasteiger partial charge is 0.319 e. The number of amides is 2. The van der Waals surface area contributed by atoms with Crippen LogP contribution in [0.2, 0.25) is 0 Å². The van der Waals surface area contributed by atoms with Crippen LogP contribution in [-0.2, 0) is 0 Å². The van der Waals surface area contributed by atoms with Crippen molar-refractivity contribution in [2.45, 2.75) is 12.8 Å². The Kier molecular flexibility index (Phi) is 6.72. The second kappa shape index (κ2) is 9.63. The number of carbonyl (C=O) groups excluding carboxylic acids is 1. The molecule has 0 saturated carbocycles. The Bertz CT molecular complexity index is 773. The fourth-order valence-electron chi connectivity index (χ4n) is 2.98. The summed E-state index contributed by atoms with van der Waals surface area (Å²) in [6, 6.07) is 6.82. The number of nitrogens with one attached hydrogen (secondary N) is 3. The Balaban J connectivity index is 1.44. The Morgan fingerprint density at radius 1 is 1.04 bits per heavy atom. The standard InChI is InChI=1S/C19H26N6O3/c1-27-15-9-14(10-16(11-15)28-2)24-19(26)21-6-5-20-17-12-18(23-13-22-17)25-7-3-4-8-25/h9-13H,3-8H2,1-2H3,(H,20,22,23)(H2,21,24,26). The average molecular weight is 386 g/mol. The molecule has 1 aromatic heterocycles. The third-order valence-corrected chi connectivity index (χ3v) is 4.41.